The number of nitrogens with two attached hydrogens (primary N) is 1. The highest BCUT2D eigenvalue weighted by Gasteiger charge is 2.39. The molecule has 3 N–H and O–H groups in total. The van der Waals surface area contributed by atoms with Gasteiger partial charge in [-0.05, 0) is 24.6 Å². The van der Waals surface area contributed by atoms with Gasteiger partial charge >= 0.3 is 6.18 Å². The fourth-order valence-electron chi connectivity index (χ4n) is 1.84. The highest BCUT2D eigenvalue weighted by molar-refractivity contribution is 6.31. The molecule has 20 heavy (non-hydrogen) atoms. The fourth-order valence-corrected chi connectivity index (χ4v) is 2.06. The van der Waals surface area contributed by atoms with Crippen LogP contribution in [0.2, 0.25) is 5.02 Å². The van der Waals surface area contributed by atoms with Gasteiger partial charge in [0.2, 0.25) is 5.91 Å². The average Bonchev–Trinajstić information content (AvgIpc) is 2.78. The molecule has 0 spiro atoms. The molecule has 1 unspecified atom stereocenters. The van der Waals surface area contributed by atoms with Crippen molar-refractivity contribution in [2.24, 2.45) is 5.73 Å². The lowest BCUT2D eigenvalue weighted by molar-refractivity contribution is -0.137. The molecule has 0 aromatic heterocycles. The Morgan fingerprint density at radius 1 is 1.45 bits per heavy atom. The van der Waals surface area contributed by atoms with Gasteiger partial charge in [0.05, 0.1) is 17.2 Å². The number of anilines is 1. The Balaban J connectivity index is 2.20. The smallest absolute Gasteiger partial charge is 0.379 e. The van der Waals surface area contributed by atoms with Crippen LogP contribution < -0.4 is 11.1 Å². The van der Waals surface area contributed by atoms with E-state index < -0.39 is 28.2 Å². The zero-order valence-electron chi connectivity index (χ0n) is 10.3. The van der Waals surface area contributed by atoms with Gasteiger partial charge in [0, 0.05) is 12.3 Å². The molecular weight excluding hydrogens is 297 g/mol. The lowest BCUT2D eigenvalue weighted by Crippen LogP contribution is -2.51. The molecule has 4 nitrogen and oxygen atoms in total. The first-order chi connectivity index (χ1) is 9.22. The number of carbonyl (C=O) groups excluding carboxylic acids is 1. The van der Waals surface area contributed by atoms with Crippen molar-refractivity contribution in [1.29, 1.82) is 0 Å². The molecule has 0 aliphatic carbocycles. The first kappa shape index (κ1) is 15.1. The van der Waals surface area contributed by atoms with Crippen LogP contribution in [-0.2, 0) is 15.7 Å². The highest BCUT2D eigenvalue weighted by Crippen LogP contribution is 2.36. The number of benzene rings is 1. The van der Waals surface area contributed by atoms with Gasteiger partial charge in [0.25, 0.3) is 0 Å². The van der Waals surface area contributed by atoms with Crippen LogP contribution in [0.25, 0.3) is 0 Å². The molecule has 0 saturated carbocycles. The third-order valence-corrected chi connectivity index (χ3v) is 3.36. The number of ether oxygens (including phenoxy) is 1. The van der Waals surface area contributed by atoms with E-state index in [1.54, 1.807) is 0 Å². The lowest BCUT2D eigenvalue weighted by Gasteiger charge is -2.21. The molecule has 110 valence electrons. The standard InChI is InChI=1S/C12H12ClF3N2O2/c13-9-2-1-7(5-8(9)12(14,15)16)18-10(19)11(17)3-4-20-6-11/h1-2,5H,3-4,6,17H2,(H,18,19). The molecule has 1 aliphatic rings. The van der Waals surface area contributed by atoms with E-state index in [-0.39, 0.29) is 12.3 Å². The van der Waals surface area contributed by atoms with Crippen molar-refractivity contribution in [3.8, 4) is 0 Å². The van der Waals surface area contributed by atoms with Crippen molar-refractivity contribution in [2.45, 2.75) is 18.1 Å². The maximum atomic E-state index is 12.7. The minimum absolute atomic E-state index is 0.0107. The molecule has 0 bridgehead atoms. The summed E-state index contributed by atoms with van der Waals surface area (Å²) in [6, 6.07) is 3.14. The summed E-state index contributed by atoms with van der Waals surface area (Å²) in [4.78, 5) is 12.0. The topological polar surface area (TPSA) is 64.4 Å². The third kappa shape index (κ3) is 3.05. The van der Waals surface area contributed by atoms with Gasteiger partial charge in [-0.1, -0.05) is 11.6 Å². The van der Waals surface area contributed by atoms with E-state index in [1.165, 1.54) is 6.07 Å². The molecular formula is C12H12ClF3N2O2. The average molecular weight is 309 g/mol. The number of rotatable bonds is 2. The first-order valence-corrected chi connectivity index (χ1v) is 6.15. The predicted molar refractivity (Wildman–Crippen MR) is 67.4 cm³/mol. The lowest BCUT2D eigenvalue weighted by atomic mass is 9.99. The van der Waals surface area contributed by atoms with Crippen LogP contribution in [0.4, 0.5) is 18.9 Å². The number of alkyl halides is 3. The summed E-state index contributed by atoms with van der Waals surface area (Å²) >= 11 is 5.49. The van der Waals surface area contributed by atoms with E-state index in [4.69, 9.17) is 22.1 Å². The molecule has 1 saturated heterocycles. The van der Waals surface area contributed by atoms with Crippen molar-refractivity contribution in [2.75, 3.05) is 18.5 Å². The first-order valence-electron chi connectivity index (χ1n) is 5.77. The molecule has 1 fully saturated rings. The summed E-state index contributed by atoms with van der Waals surface area (Å²) in [6.45, 7) is 0.386. The van der Waals surface area contributed by atoms with Gasteiger partial charge in [0.15, 0.2) is 0 Å². The van der Waals surface area contributed by atoms with Gasteiger partial charge in [-0.2, -0.15) is 13.2 Å². The molecule has 1 atom stereocenters. The minimum Gasteiger partial charge on any atom is -0.379 e. The second-order valence-corrected chi connectivity index (χ2v) is 5.01. The Hall–Kier alpha value is -1.31. The Kier molecular flexibility index (Phi) is 3.95. The number of nitrogens with one attached hydrogen (secondary N) is 1. The van der Waals surface area contributed by atoms with Crippen molar-refractivity contribution in [3.05, 3.63) is 28.8 Å². The summed E-state index contributed by atoms with van der Waals surface area (Å²) in [5, 5.41) is 1.93. The number of hydrogen-bond acceptors (Lipinski definition) is 3. The van der Waals surface area contributed by atoms with Crippen LogP contribution in [0.1, 0.15) is 12.0 Å². The number of hydrogen-bond donors (Lipinski definition) is 2. The highest BCUT2D eigenvalue weighted by atomic mass is 35.5. The van der Waals surface area contributed by atoms with Crippen LogP contribution in [-0.4, -0.2) is 24.7 Å². The third-order valence-electron chi connectivity index (χ3n) is 3.03. The van der Waals surface area contributed by atoms with E-state index in [2.05, 4.69) is 5.32 Å². The molecule has 1 heterocycles. The molecule has 1 aliphatic heterocycles. The normalized spacial score (nSPS) is 22.9. The number of amides is 1. The van der Waals surface area contributed by atoms with Crippen LogP contribution in [0.3, 0.4) is 0 Å². The van der Waals surface area contributed by atoms with Gasteiger partial charge < -0.3 is 15.8 Å². The SMILES string of the molecule is NC1(C(=O)Nc2ccc(Cl)c(C(F)(F)F)c2)CCOC1. The Bertz CT molecular complexity index is 528. The van der Waals surface area contributed by atoms with E-state index in [1.807, 2.05) is 0 Å². The Labute approximate surface area is 118 Å². The van der Waals surface area contributed by atoms with E-state index >= 15 is 0 Å². The monoisotopic (exact) mass is 308 g/mol. The summed E-state index contributed by atoms with van der Waals surface area (Å²) in [6.07, 6.45) is -4.27. The second-order valence-electron chi connectivity index (χ2n) is 4.61. The number of carbonyl (C=O) groups is 1. The van der Waals surface area contributed by atoms with Gasteiger partial charge in [-0.3, -0.25) is 4.79 Å². The molecule has 0 radical (unpaired) electrons. The molecule has 1 aromatic rings. The molecule has 1 aromatic carbocycles. The molecule has 8 heteroatoms. The van der Waals surface area contributed by atoms with Crippen LogP contribution in [0, 0.1) is 0 Å². The van der Waals surface area contributed by atoms with Crippen LogP contribution >= 0.6 is 11.6 Å². The predicted octanol–water partition coefficient (Wildman–Crippen LogP) is 2.42. The van der Waals surface area contributed by atoms with Crippen molar-refractivity contribution in [1.82, 2.24) is 0 Å². The quantitative estimate of drug-likeness (QED) is 0.882. The molecule has 2 rings (SSSR count). The van der Waals surface area contributed by atoms with Gasteiger partial charge in [-0.15, -0.1) is 0 Å². The van der Waals surface area contributed by atoms with Crippen LogP contribution in [0.15, 0.2) is 18.2 Å². The largest absolute Gasteiger partial charge is 0.417 e. The maximum absolute atomic E-state index is 12.7. The van der Waals surface area contributed by atoms with Gasteiger partial charge in [-0.25, -0.2) is 0 Å². The fraction of sp³-hybridized carbons (Fsp3) is 0.417. The summed E-state index contributed by atoms with van der Waals surface area (Å²) in [5.74, 6) is -0.578. The summed E-state index contributed by atoms with van der Waals surface area (Å²) in [5.41, 5.74) is 3.59. The van der Waals surface area contributed by atoms with Crippen molar-refractivity contribution >= 4 is 23.2 Å². The van der Waals surface area contributed by atoms with E-state index in [9.17, 15) is 18.0 Å². The Morgan fingerprint density at radius 2 is 2.15 bits per heavy atom. The van der Waals surface area contributed by atoms with Crippen molar-refractivity contribution < 1.29 is 22.7 Å². The summed E-state index contributed by atoms with van der Waals surface area (Å²) < 4.78 is 43.1. The zero-order chi connectivity index (χ0) is 15.0. The van der Waals surface area contributed by atoms with Crippen molar-refractivity contribution in [3.63, 3.8) is 0 Å². The summed E-state index contributed by atoms with van der Waals surface area (Å²) in [7, 11) is 0. The number of halogens is 4. The van der Waals surface area contributed by atoms with E-state index in [0.29, 0.717) is 13.0 Å². The van der Waals surface area contributed by atoms with E-state index in [0.717, 1.165) is 12.1 Å². The zero-order valence-corrected chi connectivity index (χ0v) is 11.0. The van der Waals surface area contributed by atoms with Gasteiger partial charge in [0.1, 0.15) is 5.54 Å². The van der Waals surface area contributed by atoms with Crippen LogP contribution in [0.5, 0.6) is 0 Å². The maximum Gasteiger partial charge on any atom is 0.417 e. The molecule has 1 amide bonds. The minimum atomic E-state index is -4.59. The second kappa shape index (κ2) is 5.23. The Morgan fingerprint density at radius 3 is 2.70 bits per heavy atom.